The lowest BCUT2D eigenvalue weighted by atomic mass is 10.2. The average Bonchev–Trinajstić information content (AvgIpc) is 2.61. The number of aromatic nitrogens is 1. The maximum atomic E-state index is 11.6. The molecular weight excluding hydrogens is 288 g/mol. The number of hydrogen-bond acceptors (Lipinski definition) is 3. The quantitative estimate of drug-likeness (QED) is 0.612. The molecule has 19 heavy (non-hydrogen) atoms. The maximum absolute atomic E-state index is 11.6. The number of carbonyl (C=O) groups is 1. The lowest BCUT2D eigenvalue weighted by molar-refractivity contribution is 0.102. The Morgan fingerprint density at radius 2 is 2.05 bits per heavy atom. The SMILES string of the molecule is CCNS(=O)(=O)CCn1c(C)cc(C(=O)CCl)c1C. The minimum absolute atomic E-state index is 0.00823. The van der Waals surface area contributed by atoms with Gasteiger partial charge in [0.15, 0.2) is 5.78 Å². The number of Topliss-reactive ketones (excluding diaryl/α,β-unsaturated/α-hetero) is 1. The Morgan fingerprint density at radius 1 is 1.42 bits per heavy atom. The van der Waals surface area contributed by atoms with Crippen molar-refractivity contribution in [2.24, 2.45) is 0 Å². The number of ketones is 1. The van der Waals surface area contributed by atoms with Crippen LogP contribution < -0.4 is 4.72 Å². The van der Waals surface area contributed by atoms with Crippen LogP contribution >= 0.6 is 11.6 Å². The van der Waals surface area contributed by atoms with E-state index in [-0.39, 0.29) is 17.4 Å². The second-order valence-corrected chi connectivity index (χ2v) is 6.50. The van der Waals surface area contributed by atoms with Crippen molar-refractivity contribution in [2.75, 3.05) is 18.2 Å². The molecule has 0 saturated carbocycles. The van der Waals surface area contributed by atoms with E-state index in [1.54, 1.807) is 19.9 Å². The van der Waals surface area contributed by atoms with Crippen LogP contribution in [0.2, 0.25) is 0 Å². The molecule has 0 unspecified atom stereocenters. The summed E-state index contributed by atoms with van der Waals surface area (Å²) in [6.07, 6.45) is 0. The van der Waals surface area contributed by atoms with Crippen molar-refractivity contribution < 1.29 is 13.2 Å². The van der Waals surface area contributed by atoms with Crippen molar-refractivity contribution >= 4 is 27.4 Å². The first-order valence-corrected chi connectivity index (χ1v) is 8.24. The van der Waals surface area contributed by atoms with E-state index < -0.39 is 10.0 Å². The zero-order valence-corrected chi connectivity index (χ0v) is 12.9. The highest BCUT2D eigenvalue weighted by Crippen LogP contribution is 2.16. The summed E-state index contributed by atoms with van der Waals surface area (Å²) in [5.74, 6) is -0.221. The highest BCUT2D eigenvalue weighted by Gasteiger charge is 2.16. The van der Waals surface area contributed by atoms with E-state index in [1.165, 1.54) is 0 Å². The van der Waals surface area contributed by atoms with Crippen LogP contribution in [0.3, 0.4) is 0 Å². The lowest BCUT2D eigenvalue weighted by Gasteiger charge is -2.10. The van der Waals surface area contributed by atoms with Crippen molar-refractivity contribution in [3.05, 3.63) is 23.0 Å². The molecule has 0 bridgehead atoms. The van der Waals surface area contributed by atoms with Gasteiger partial charge in [-0.2, -0.15) is 0 Å². The summed E-state index contributed by atoms with van der Waals surface area (Å²) in [7, 11) is -3.26. The highest BCUT2D eigenvalue weighted by molar-refractivity contribution is 7.89. The largest absolute Gasteiger partial charge is 0.347 e. The van der Waals surface area contributed by atoms with Gasteiger partial charge in [0.2, 0.25) is 10.0 Å². The molecule has 0 aliphatic carbocycles. The van der Waals surface area contributed by atoms with Gasteiger partial charge >= 0.3 is 0 Å². The van der Waals surface area contributed by atoms with Crippen LogP contribution in [-0.4, -0.2) is 36.9 Å². The Bertz CT molecular complexity index is 564. The number of rotatable bonds is 7. The van der Waals surface area contributed by atoms with E-state index >= 15 is 0 Å². The van der Waals surface area contributed by atoms with Crippen molar-refractivity contribution in [1.82, 2.24) is 9.29 Å². The molecule has 0 atom stereocenters. The van der Waals surface area contributed by atoms with Crippen molar-refractivity contribution in [3.63, 3.8) is 0 Å². The summed E-state index contributed by atoms with van der Waals surface area (Å²) in [5.41, 5.74) is 2.18. The van der Waals surface area contributed by atoms with Crippen molar-refractivity contribution in [2.45, 2.75) is 27.3 Å². The monoisotopic (exact) mass is 306 g/mol. The minimum Gasteiger partial charge on any atom is -0.347 e. The van der Waals surface area contributed by atoms with Crippen LogP contribution in [0.25, 0.3) is 0 Å². The maximum Gasteiger partial charge on any atom is 0.213 e. The third kappa shape index (κ3) is 4.06. The molecule has 0 aromatic carbocycles. The molecule has 0 aliphatic heterocycles. The van der Waals surface area contributed by atoms with Gasteiger partial charge in [-0.3, -0.25) is 4.79 Å². The second kappa shape index (κ2) is 6.54. The van der Waals surface area contributed by atoms with E-state index in [0.29, 0.717) is 18.7 Å². The van der Waals surface area contributed by atoms with E-state index in [9.17, 15) is 13.2 Å². The lowest BCUT2D eigenvalue weighted by Crippen LogP contribution is -2.28. The molecule has 108 valence electrons. The molecule has 1 aromatic heterocycles. The van der Waals surface area contributed by atoms with Gasteiger partial charge in [0.1, 0.15) is 0 Å². The van der Waals surface area contributed by atoms with Crippen LogP contribution in [0.5, 0.6) is 0 Å². The third-order valence-electron chi connectivity index (χ3n) is 2.94. The summed E-state index contributed by atoms with van der Waals surface area (Å²) in [4.78, 5) is 11.6. The molecule has 5 nitrogen and oxygen atoms in total. The molecule has 0 saturated heterocycles. The molecule has 0 fully saturated rings. The van der Waals surface area contributed by atoms with E-state index in [1.807, 2.05) is 11.5 Å². The van der Waals surface area contributed by atoms with Gasteiger partial charge < -0.3 is 4.57 Å². The minimum atomic E-state index is -3.26. The summed E-state index contributed by atoms with van der Waals surface area (Å²) >= 11 is 5.55. The predicted octanol–water partition coefficient (Wildman–Crippen LogP) is 1.47. The number of nitrogens with one attached hydrogen (secondary N) is 1. The number of sulfonamides is 1. The molecule has 0 amide bonds. The normalized spacial score (nSPS) is 11.8. The van der Waals surface area contributed by atoms with Gasteiger partial charge in [0.25, 0.3) is 0 Å². The van der Waals surface area contributed by atoms with Gasteiger partial charge in [0, 0.05) is 30.0 Å². The Hall–Kier alpha value is -0.850. The standard InChI is InChI=1S/C12H19ClN2O3S/c1-4-14-19(17,18)6-5-15-9(2)7-11(10(15)3)12(16)8-13/h7,14H,4-6,8H2,1-3H3. The molecule has 0 spiro atoms. The van der Waals surface area contributed by atoms with E-state index in [4.69, 9.17) is 11.6 Å². The average molecular weight is 307 g/mol. The Labute approximate surface area is 119 Å². The van der Waals surface area contributed by atoms with Crippen LogP contribution in [0.15, 0.2) is 6.07 Å². The first-order chi connectivity index (χ1) is 8.82. The second-order valence-electron chi connectivity index (χ2n) is 4.31. The summed E-state index contributed by atoms with van der Waals surface area (Å²) < 4.78 is 27.5. The van der Waals surface area contributed by atoms with Gasteiger partial charge in [-0.15, -0.1) is 11.6 Å². The number of alkyl halides is 1. The third-order valence-corrected chi connectivity index (χ3v) is 4.63. The molecule has 0 aliphatic rings. The predicted molar refractivity (Wildman–Crippen MR) is 76.4 cm³/mol. The Morgan fingerprint density at radius 3 is 2.58 bits per heavy atom. The number of carbonyl (C=O) groups excluding carboxylic acids is 1. The van der Waals surface area contributed by atoms with E-state index in [0.717, 1.165) is 11.4 Å². The smallest absolute Gasteiger partial charge is 0.213 e. The number of halogens is 1. The van der Waals surface area contributed by atoms with Crippen molar-refractivity contribution in [1.29, 1.82) is 0 Å². The van der Waals surface area contributed by atoms with Crippen LogP contribution in [0, 0.1) is 13.8 Å². The van der Waals surface area contributed by atoms with Crippen molar-refractivity contribution in [3.8, 4) is 0 Å². The van der Waals surface area contributed by atoms with Gasteiger partial charge in [-0.1, -0.05) is 6.92 Å². The van der Waals surface area contributed by atoms with E-state index in [2.05, 4.69) is 4.72 Å². The molecule has 1 heterocycles. The fourth-order valence-corrected chi connectivity index (χ4v) is 3.15. The van der Waals surface area contributed by atoms with Crippen LogP contribution in [0.4, 0.5) is 0 Å². The highest BCUT2D eigenvalue weighted by atomic mass is 35.5. The summed E-state index contributed by atoms with van der Waals surface area (Å²) in [6, 6.07) is 1.75. The summed E-state index contributed by atoms with van der Waals surface area (Å²) in [5, 5.41) is 0. The molecule has 0 radical (unpaired) electrons. The van der Waals surface area contributed by atoms with Gasteiger partial charge in [-0.25, -0.2) is 13.1 Å². The zero-order chi connectivity index (χ0) is 14.6. The Kier molecular flexibility index (Phi) is 5.58. The first kappa shape index (κ1) is 16.2. The molecule has 1 aromatic rings. The zero-order valence-electron chi connectivity index (χ0n) is 11.4. The Balaban J connectivity index is 2.91. The van der Waals surface area contributed by atoms with Gasteiger partial charge in [-0.05, 0) is 19.9 Å². The van der Waals surface area contributed by atoms with Crippen LogP contribution in [0.1, 0.15) is 28.7 Å². The number of nitrogens with zero attached hydrogens (tertiary/aromatic N) is 1. The van der Waals surface area contributed by atoms with Gasteiger partial charge in [0.05, 0.1) is 11.6 Å². The number of hydrogen-bond donors (Lipinski definition) is 1. The molecular formula is C12H19ClN2O3S. The fraction of sp³-hybridized carbons (Fsp3) is 0.583. The fourth-order valence-electron chi connectivity index (χ4n) is 2.00. The molecule has 1 rings (SSSR count). The molecule has 1 N–H and O–H groups in total. The first-order valence-electron chi connectivity index (χ1n) is 6.05. The van der Waals surface area contributed by atoms with Crippen LogP contribution in [-0.2, 0) is 16.6 Å². The summed E-state index contributed by atoms with van der Waals surface area (Å²) in [6.45, 7) is 6.08. The topological polar surface area (TPSA) is 68.2 Å². The molecule has 7 heteroatoms. The number of aryl methyl sites for hydroxylation is 1.